The molecule has 2 amide bonds. The number of anilines is 2. The summed E-state index contributed by atoms with van der Waals surface area (Å²) >= 11 is 0. The summed E-state index contributed by atoms with van der Waals surface area (Å²) in [5.41, 5.74) is 17.4. The summed E-state index contributed by atoms with van der Waals surface area (Å²) in [6.45, 7) is 2.62. The average molecular weight is 679 g/mol. The van der Waals surface area contributed by atoms with E-state index in [-0.39, 0.29) is 46.5 Å². The summed E-state index contributed by atoms with van der Waals surface area (Å²) in [5, 5.41) is 15.0. The van der Waals surface area contributed by atoms with Crippen molar-refractivity contribution >= 4 is 53.2 Å². The second-order valence-corrected chi connectivity index (χ2v) is 10.1. The number of amides is 2. The quantitative estimate of drug-likeness (QED) is 0.0895. The van der Waals surface area contributed by atoms with Crippen LogP contribution < -0.4 is 38.7 Å². The number of methoxy groups -OCH3 is 1. The van der Waals surface area contributed by atoms with Crippen molar-refractivity contribution in [1.29, 1.82) is 0 Å². The van der Waals surface area contributed by atoms with Gasteiger partial charge in [0, 0.05) is 19.2 Å². The van der Waals surface area contributed by atoms with Gasteiger partial charge in [-0.2, -0.15) is 0 Å². The molecular weight excluding hydrogens is 648 g/mol. The average Bonchev–Trinajstić information content (AvgIpc) is 3.52. The summed E-state index contributed by atoms with van der Waals surface area (Å²) in [5.74, 6) is -3.39. The minimum atomic E-state index is -1.34. The SMILES string of the molecule is COC(=O)c1ccc([C@H](C)NC(=O)c2cc(C(=O)O)n3cnc(C(N)=O)c3n2)cc1.Cl.NCc1cccc(CNc2c(N)c(=O)c2=O)c1. The molecule has 0 aliphatic heterocycles. The fraction of sp³-hybridized carbons (Fsp3) is 0.161. The van der Waals surface area contributed by atoms with E-state index in [0.29, 0.717) is 24.2 Å². The number of carboxylic acid groups (broad SMARTS) is 1. The predicted molar refractivity (Wildman–Crippen MR) is 177 cm³/mol. The molecule has 5 rings (SSSR count). The fourth-order valence-electron chi connectivity index (χ4n) is 4.45. The van der Waals surface area contributed by atoms with E-state index < -0.39 is 40.7 Å². The molecule has 16 nitrogen and oxygen atoms in total. The molecule has 0 saturated carbocycles. The number of imidazole rings is 1. The molecule has 2 heterocycles. The van der Waals surface area contributed by atoms with Crippen LogP contribution in [0.2, 0.25) is 0 Å². The molecule has 0 unspecified atom stereocenters. The van der Waals surface area contributed by atoms with Gasteiger partial charge in [-0.05, 0) is 35.7 Å². The van der Waals surface area contributed by atoms with Crippen LogP contribution in [0.5, 0.6) is 0 Å². The zero-order valence-corrected chi connectivity index (χ0v) is 26.4. The van der Waals surface area contributed by atoms with E-state index in [1.54, 1.807) is 31.2 Å². The molecule has 0 radical (unpaired) electrons. The van der Waals surface area contributed by atoms with Crippen molar-refractivity contribution in [1.82, 2.24) is 19.7 Å². The minimum absolute atomic E-state index is 0. The first-order valence-corrected chi connectivity index (χ1v) is 13.9. The number of esters is 1. The highest BCUT2D eigenvalue weighted by molar-refractivity contribution is 6.00. The number of hydrogen-bond donors (Lipinski definition) is 6. The third kappa shape index (κ3) is 7.80. The third-order valence-corrected chi connectivity index (χ3v) is 7.01. The summed E-state index contributed by atoms with van der Waals surface area (Å²) in [4.78, 5) is 77.2. The molecule has 17 heteroatoms. The highest BCUT2D eigenvalue weighted by Crippen LogP contribution is 2.17. The maximum atomic E-state index is 12.7. The van der Waals surface area contributed by atoms with Crippen LogP contribution >= 0.6 is 12.4 Å². The van der Waals surface area contributed by atoms with Gasteiger partial charge >= 0.3 is 11.9 Å². The zero-order valence-electron chi connectivity index (χ0n) is 25.6. The Labute approximate surface area is 278 Å². The highest BCUT2D eigenvalue weighted by Gasteiger charge is 2.22. The Kier molecular flexibility index (Phi) is 11.7. The molecule has 48 heavy (non-hydrogen) atoms. The number of nitrogens with zero attached hydrogens (tertiary/aromatic N) is 3. The van der Waals surface area contributed by atoms with E-state index in [2.05, 4.69) is 25.3 Å². The standard InChI is InChI=1S/C19H17N5O6.C12H13N3O2.ClH/c1-9(10-3-5-11(6-4-10)19(29)30-2)22-17(26)12-7-13(18(27)28)24-8-21-14(15(20)25)16(24)23-12;13-5-7-2-1-3-8(4-7)6-15-10-9(14)11(16)12(10)17;/h3-9H,1-2H3,(H2,20,25)(H,22,26)(H,27,28);1-4,15H,5-6,13-14H2;1H/t9-;;/m0../s1. The molecule has 5 aromatic rings. The minimum Gasteiger partial charge on any atom is -0.477 e. The lowest BCUT2D eigenvalue weighted by Crippen LogP contribution is -2.36. The van der Waals surface area contributed by atoms with Crippen LogP contribution in [0.4, 0.5) is 11.4 Å². The summed E-state index contributed by atoms with van der Waals surface area (Å²) < 4.78 is 5.70. The van der Waals surface area contributed by atoms with Crippen LogP contribution in [-0.2, 0) is 17.8 Å². The van der Waals surface area contributed by atoms with Crippen LogP contribution in [0, 0.1) is 0 Å². The van der Waals surface area contributed by atoms with E-state index in [1.807, 2.05) is 24.3 Å². The maximum Gasteiger partial charge on any atom is 0.353 e. The van der Waals surface area contributed by atoms with Gasteiger partial charge in [0.15, 0.2) is 11.3 Å². The van der Waals surface area contributed by atoms with Gasteiger partial charge in [0.05, 0.1) is 18.7 Å². The molecule has 0 spiro atoms. The molecule has 0 aliphatic carbocycles. The van der Waals surface area contributed by atoms with Crippen molar-refractivity contribution in [3.8, 4) is 0 Å². The number of hydrogen-bond acceptors (Lipinski definition) is 12. The van der Waals surface area contributed by atoms with Crippen molar-refractivity contribution in [2.75, 3.05) is 18.2 Å². The second-order valence-electron chi connectivity index (χ2n) is 10.1. The highest BCUT2D eigenvalue weighted by atomic mass is 35.5. The topological polar surface area (TPSA) is 264 Å². The van der Waals surface area contributed by atoms with E-state index in [0.717, 1.165) is 27.9 Å². The number of aromatic nitrogens is 3. The number of nitrogens with one attached hydrogen (secondary N) is 2. The van der Waals surface area contributed by atoms with Crippen LogP contribution in [0.3, 0.4) is 0 Å². The molecule has 1 atom stereocenters. The summed E-state index contributed by atoms with van der Waals surface area (Å²) in [6, 6.07) is 14.7. The summed E-state index contributed by atoms with van der Waals surface area (Å²) in [7, 11) is 1.28. The van der Waals surface area contributed by atoms with E-state index in [9.17, 15) is 33.9 Å². The second kappa shape index (κ2) is 15.4. The number of ether oxygens (including phenoxy) is 1. The molecule has 3 aromatic carbocycles. The number of primary amides is 1. The van der Waals surface area contributed by atoms with Crippen LogP contribution in [0.1, 0.15) is 71.5 Å². The van der Waals surface area contributed by atoms with Crippen LogP contribution in [0.15, 0.2) is 70.5 Å². The molecule has 0 bridgehead atoms. The van der Waals surface area contributed by atoms with Gasteiger partial charge in [-0.15, -0.1) is 12.4 Å². The van der Waals surface area contributed by atoms with Crippen molar-refractivity contribution in [3.05, 3.63) is 121 Å². The van der Waals surface area contributed by atoms with Gasteiger partial charge in [-0.3, -0.25) is 23.6 Å². The van der Waals surface area contributed by atoms with E-state index >= 15 is 0 Å². The predicted octanol–water partition coefficient (Wildman–Crippen LogP) is 1.16. The first kappa shape index (κ1) is 36.3. The number of nitrogen functional groups attached to an aromatic ring is 1. The van der Waals surface area contributed by atoms with Crippen molar-refractivity contribution in [2.45, 2.75) is 26.1 Å². The van der Waals surface area contributed by atoms with Gasteiger partial charge in [0.2, 0.25) is 0 Å². The number of rotatable bonds is 10. The lowest BCUT2D eigenvalue weighted by molar-refractivity contribution is 0.0599. The van der Waals surface area contributed by atoms with Crippen LogP contribution in [-0.4, -0.2) is 50.3 Å². The Balaban J connectivity index is 0.000000295. The number of fused-ring (bicyclic) bond motifs is 1. The Bertz CT molecular complexity index is 2070. The number of benzene rings is 2. The lowest BCUT2D eigenvalue weighted by atomic mass is 10.1. The van der Waals surface area contributed by atoms with Gasteiger partial charge < -0.3 is 37.7 Å². The molecule has 9 N–H and O–H groups in total. The van der Waals surface area contributed by atoms with Gasteiger partial charge in [-0.1, -0.05) is 36.4 Å². The van der Waals surface area contributed by atoms with Crippen molar-refractivity contribution in [2.24, 2.45) is 11.5 Å². The van der Waals surface area contributed by atoms with Crippen LogP contribution in [0.25, 0.3) is 5.65 Å². The van der Waals surface area contributed by atoms with Gasteiger partial charge in [0.1, 0.15) is 29.1 Å². The number of aromatic carboxylic acids is 1. The smallest absolute Gasteiger partial charge is 0.353 e. The van der Waals surface area contributed by atoms with Crippen molar-refractivity contribution in [3.63, 3.8) is 0 Å². The Morgan fingerprint density at radius 2 is 1.69 bits per heavy atom. The monoisotopic (exact) mass is 678 g/mol. The summed E-state index contributed by atoms with van der Waals surface area (Å²) in [6.07, 6.45) is 1.10. The number of halogens is 1. The number of carboxylic acids is 1. The van der Waals surface area contributed by atoms with Gasteiger partial charge in [0.25, 0.3) is 22.7 Å². The molecule has 0 saturated heterocycles. The third-order valence-electron chi connectivity index (χ3n) is 7.01. The van der Waals surface area contributed by atoms with Crippen molar-refractivity contribution < 1.29 is 29.0 Å². The van der Waals surface area contributed by atoms with Gasteiger partial charge in [-0.25, -0.2) is 19.6 Å². The maximum absolute atomic E-state index is 12.7. The number of carbonyl (C=O) groups is 4. The number of carbonyl (C=O) groups excluding carboxylic acids is 3. The lowest BCUT2D eigenvalue weighted by Gasteiger charge is -2.15. The molecule has 2 aromatic heterocycles. The first-order valence-electron chi connectivity index (χ1n) is 13.9. The van der Waals surface area contributed by atoms with E-state index in [4.69, 9.17) is 17.2 Å². The fourth-order valence-corrected chi connectivity index (χ4v) is 4.45. The normalized spacial score (nSPS) is 11.1. The molecule has 0 fully saturated rings. The Hall–Kier alpha value is -6.13. The van der Waals surface area contributed by atoms with E-state index in [1.165, 1.54) is 7.11 Å². The number of nitrogens with two attached hydrogens (primary N) is 3. The largest absolute Gasteiger partial charge is 0.477 e. The Morgan fingerprint density at radius 1 is 1.02 bits per heavy atom. The first-order chi connectivity index (χ1) is 22.4. The molecule has 0 aliphatic rings. The zero-order chi connectivity index (χ0) is 34.4. The molecule has 250 valence electrons. The Morgan fingerprint density at radius 3 is 2.27 bits per heavy atom. The molecular formula is C31H31ClN8O8.